The van der Waals surface area contributed by atoms with Gasteiger partial charge in [-0.05, 0) is 30.0 Å². The second kappa shape index (κ2) is 4.18. The molecule has 0 N–H and O–H groups in total. The number of aryl methyl sites for hydroxylation is 1. The van der Waals surface area contributed by atoms with E-state index in [9.17, 15) is 4.79 Å². The summed E-state index contributed by atoms with van der Waals surface area (Å²) in [6.45, 7) is 2.26. The van der Waals surface area contributed by atoms with Crippen LogP contribution in [0.2, 0.25) is 0 Å². The fourth-order valence-corrected chi connectivity index (χ4v) is 3.15. The van der Waals surface area contributed by atoms with Crippen molar-refractivity contribution in [2.75, 3.05) is 0 Å². The second-order valence-electron chi connectivity index (χ2n) is 3.73. The Balaban J connectivity index is 2.25. The topological polar surface area (TPSA) is 17.1 Å². The lowest BCUT2D eigenvalue weighted by molar-refractivity contribution is -0.107. The van der Waals surface area contributed by atoms with Crippen molar-refractivity contribution in [1.29, 1.82) is 0 Å². The molecular formula is C12H14OS. The number of hydrogen-bond donors (Lipinski definition) is 0. The molecule has 2 heteroatoms. The van der Waals surface area contributed by atoms with Crippen molar-refractivity contribution in [1.82, 2.24) is 0 Å². The van der Waals surface area contributed by atoms with Gasteiger partial charge < -0.3 is 4.79 Å². The third kappa shape index (κ3) is 1.85. The molecular weight excluding hydrogens is 192 g/mol. The number of hydrogen-bond acceptors (Lipinski definition) is 2. The second-order valence-corrected chi connectivity index (χ2v) is 5.21. The predicted molar refractivity (Wildman–Crippen MR) is 59.9 cm³/mol. The molecule has 74 valence electrons. The van der Waals surface area contributed by atoms with Gasteiger partial charge in [-0.15, -0.1) is 11.8 Å². The van der Waals surface area contributed by atoms with Crippen LogP contribution in [0.1, 0.15) is 24.5 Å². The SMILES string of the molecule is CC1Cc2c(CCC=O)cccc2S1. The first-order chi connectivity index (χ1) is 6.81. The van der Waals surface area contributed by atoms with Crippen molar-refractivity contribution in [3.63, 3.8) is 0 Å². The van der Waals surface area contributed by atoms with Crippen LogP contribution in [-0.2, 0) is 17.6 Å². The van der Waals surface area contributed by atoms with Gasteiger partial charge in [0.1, 0.15) is 6.29 Å². The number of thioether (sulfide) groups is 1. The van der Waals surface area contributed by atoms with E-state index in [4.69, 9.17) is 0 Å². The van der Waals surface area contributed by atoms with Gasteiger partial charge in [0.15, 0.2) is 0 Å². The molecule has 2 rings (SSSR count). The Morgan fingerprint density at radius 2 is 2.43 bits per heavy atom. The average Bonchev–Trinajstić information content (AvgIpc) is 2.55. The number of aldehydes is 1. The largest absolute Gasteiger partial charge is 0.303 e. The normalized spacial score (nSPS) is 19.4. The number of rotatable bonds is 3. The summed E-state index contributed by atoms with van der Waals surface area (Å²) in [7, 11) is 0. The lowest BCUT2D eigenvalue weighted by Crippen LogP contribution is -1.97. The summed E-state index contributed by atoms with van der Waals surface area (Å²) in [5.41, 5.74) is 2.85. The van der Waals surface area contributed by atoms with E-state index in [2.05, 4.69) is 25.1 Å². The minimum Gasteiger partial charge on any atom is -0.303 e. The van der Waals surface area contributed by atoms with Crippen LogP contribution < -0.4 is 0 Å². The lowest BCUT2D eigenvalue weighted by Gasteiger charge is -2.05. The van der Waals surface area contributed by atoms with Crippen LogP contribution in [-0.4, -0.2) is 11.5 Å². The van der Waals surface area contributed by atoms with Crippen molar-refractivity contribution in [3.05, 3.63) is 29.3 Å². The molecule has 14 heavy (non-hydrogen) atoms. The van der Waals surface area contributed by atoms with E-state index in [1.165, 1.54) is 16.0 Å². The van der Waals surface area contributed by atoms with E-state index in [1.807, 2.05) is 11.8 Å². The predicted octanol–water partition coefficient (Wildman–Crippen LogP) is 2.85. The summed E-state index contributed by atoms with van der Waals surface area (Å²) in [6.07, 6.45) is 3.72. The van der Waals surface area contributed by atoms with Crippen LogP contribution in [0.4, 0.5) is 0 Å². The highest BCUT2D eigenvalue weighted by atomic mass is 32.2. The summed E-state index contributed by atoms with van der Waals surface area (Å²) >= 11 is 1.95. The molecule has 1 aliphatic heterocycles. The molecule has 1 heterocycles. The third-order valence-electron chi connectivity index (χ3n) is 2.58. The van der Waals surface area contributed by atoms with Crippen LogP contribution in [0.25, 0.3) is 0 Å². The maximum atomic E-state index is 10.3. The van der Waals surface area contributed by atoms with E-state index in [0.29, 0.717) is 11.7 Å². The van der Waals surface area contributed by atoms with Crippen LogP contribution in [0.5, 0.6) is 0 Å². The van der Waals surface area contributed by atoms with E-state index >= 15 is 0 Å². The quantitative estimate of drug-likeness (QED) is 0.707. The van der Waals surface area contributed by atoms with Gasteiger partial charge in [0.2, 0.25) is 0 Å². The zero-order chi connectivity index (χ0) is 9.97. The van der Waals surface area contributed by atoms with Crippen LogP contribution in [0.3, 0.4) is 0 Å². The number of fused-ring (bicyclic) bond motifs is 1. The van der Waals surface area contributed by atoms with Crippen LogP contribution >= 0.6 is 11.8 Å². The first kappa shape index (κ1) is 9.78. The molecule has 0 spiro atoms. The van der Waals surface area contributed by atoms with Gasteiger partial charge in [0.05, 0.1) is 0 Å². The van der Waals surface area contributed by atoms with Gasteiger partial charge in [-0.2, -0.15) is 0 Å². The van der Waals surface area contributed by atoms with E-state index < -0.39 is 0 Å². The van der Waals surface area contributed by atoms with Gasteiger partial charge >= 0.3 is 0 Å². The summed E-state index contributed by atoms with van der Waals surface area (Å²) in [6, 6.07) is 6.44. The summed E-state index contributed by atoms with van der Waals surface area (Å²) < 4.78 is 0. The van der Waals surface area contributed by atoms with Crippen molar-refractivity contribution in [3.8, 4) is 0 Å². The zero-order valence-electron chi connectivity index (χ0n) is 8.32. The highest BCUT2D eigenvalue weighted by Gasteiger charge is 2.20. The Morgan fingerprint density at radius 1 is 1.57 bits per heavy atom. The van der Waals surface area contributed by atoms with Gasteiger partial charge in [0, 0.05) is 16.6 Å². The van der Waals surface area contributed by atoms with Gasteiger partial charge in [0.25, 0.3) is 0 Å². The summed E-state index contributed by atoms with van der Waals surface area (Å²) in [4.78, 5) is 11.8. The molecule has 1 atom stereocenters. The Morgan fingerprint density at radius 3 is 3.21 bits per heavy atom. The van der Waals surface area contributed by atoms with Gasteiger partial charge in [-0.3, -0.25) is 0 Å². The van der Waals surface area contributed by atoms with Crippen molar-refractivity contribution >= 4 is 18.0 Å². The number of carbonyl (C=O) groups is 1. The van der Waals surface area contributed by atoms with Crippen molar-refractivity contribution in [2.45, 2.75) is 36.3 Å². The molecule has 0 aromatic heterocycles. The highest BCUT2D eigenvalue weighted by Crippen LogP contribution is 2.38. The summed E-state index contributed by atoms with van der Waals surface area (Å²) in [5, 5.41) is 0.697. The first-order valence-electron chi connectivity index (χ1n) is 5.02. The Labute approximate surface area is 88.9 Å². The zero-order valence-corrected chi connectivity index (χ0v) is 9.14. The molecule has 0 saturated carbocycles. The lowest BCUT2D eigenvalue weighted by atomic mass is 10.00. The molecule has 1 nitrogen and oxygen atoms in total. The Hall–Kier alpha value is -0.760. The van der Waals surface area contributed by atoms with Crippen LogP contribution in [0, 0.1) is 0 Å². The number of benzene rings is 1. The minimum atomic E-state index is 0.648. The van der Waals surface area contributed by atoms with Crippen molar-refractivity contribution < 1.29 is 4.79 Å². The Bertz CT molecular complexity index is 346. The molecule has 0 radical (unpaired) electrons. The number of carbonyl (C=O) groups excluding carboxylic acids is 1. The molecule has 1 aliphatic rings. The van der Waals surface area contributed by atoms with E-state index in [-0.39, 0.29) is 0 Å². The standard InChI is InChI=1S/C12H14OS/c1-9-8-11-10(5-3-7-13)4-2-6-12(11)14-9/h2,4,6-7,9H,3,5,8H2,1H3. The molecule has 0 fully saturated rings. The smallest absolute Gasteiger partial charge is 0.120 e. The Kier molecular flexibility index (Phi) is 2.92. The molecule has 1 aromatic rings. The molecule has 1 aromatic carbocycles. The van der Waals surface area contributed by atoms with Gasteiger partial charge in [-0.25, -0.2) is 0 Å². The highest BCUT2D eigenvalue weighted by molar-refractivity contribution is 8.00. The third-order valence-corrected chi connectivity index (χ3v) is 3.79. The molecule has 1 unspecified atom stereocenters. The monoisotopic (exact) mass is 206 g/mol. The fourth-order valence-electron chi connectivity index (χ4n) is 1.95. The average molecular weight is 206 g/mol. The summed E-state index contributed by atoms with van der Waals surface area (Å²) in [5.74, 6) is 0. The van der Waals surface area contributed by atoms with E-state index in [1.54, 1.807) is 0 Å². The fraction of sp³-hybridized carbons (Fsp3) is 0.417. The molecule has 0 bridgehead atoms. The van der Waals surface area contributed by atoms with Gasteiger partial charge in [-0.1, -0.05) is 19.1 Å². The maximum absolute atomic E-state index is 10.3. The van der Waals surface area contributed by atoms with Crippen molar-refractivity contribution in [2.24, 2.45) is 0 Å². The van der Waals surface area contributed by atoms with E-state index in [0.717, 1.165) is 19.1 Å². The maximum Gasteiger partial charge on any atom is 0.120 e. The van der Waals surface area contributed by atoms with Crippen LogP contribution in [0.15, 0.2) is 23.1 Å². The molecule has 0 aliphatic carbocycles. The molecule has 0 saturated heterocycles. The minimum absolute atomic E-state index is 0.648. The first-order valence-corrected chi connectivity index (χ1v) is 5.90. The molecule has 0 amide bonds.